The fraction of sp³-hybridized carbons (Fsp3) is 0.375. The molecular weight excluding hydrogens is 286 g/mol. The largest absolute Gasteiger partial charge is 0.507 e. The maximum atomic E-state index is 11.4. The molecule has 0 heterocycles. The van der Waals surface area contributed by atoms with Crippen molar-refractivity contribution in [3.63, 3.8) is 0 Å². The monoisotopic (exact) mass is 307 g/mol. The van der Waals surface area contributed by atoms with Crippen LogP contribution in [0.15, 0.2) is 24.3 Å². The molecule has 6 heteroatoms. The van der Waals surface area contributed by atoms with E-state index in [1.165, 1.54) is 13.2 Å². The zero-order valence-corrected chi connectivity index (χ0v) is 13.2. The highest BCUT2D eigenvalue weighted by atomic mass is 16.6. The minimum atomic E-state index is -0.546. The summed E-state index contributed by atoms with van der Waals surface area (Å²) in [6, 6.07) is 4.46. The van der Waals surface area contributed by atoms with Crippen LogP contribution in [0.5, 0.6) is 5.75 Å². The van der Waals surface area contributed by atoms with Gasteiger partial charge in [0.2, 0.25) is 0 Å². The summed E-state index contributed by atoms with van der Waals surface area (Å²) in [7, 11) is 1.27. The average Bonchev–Trinajstić information content (AvgIpc) is 2.42. The predicted molar refractivity (Wildman–Crippen MR) is 82.7 cm³/mol. The number of methoxy groups -OCH3 is 1. The highest BCUT2D eigenvalue weighted by Crippen LogP contribution is 2.20. The third kappa shape index (κ3) is 5.87. The average molecular weight is 307 g/mol. The summed E-state index contributed by atoms with van der Waals surface area (Å²) in [6.07, 6.45) is 2.78. The van der Waals surface area contributed by atoms with Crippen molar-refractivity contribution in [1.29, 1.82) is 0 Å². The highest BCUT2D eigenvalue weighted by Gasteiger charge is 2.15. The first kappa shape index (κ1) is 17.6. The number of rotatable bonds is 4. The Morgan fingerprint density at radius 1 is 1.32 bits per heavy atom. The lowest BCUT2D eigenvalue weighted by molar-refractivity contribution is 0.0532. The molecule has 22 heavy (non-hydrogen) atoms. The molecule has 0 unspecified atom stereocenters. The number of esters is 1. The van der Waals surface area contributed by atoms with Crippen molar-refractivity contribution in [2.24, 2.45) is 0 Å². The van der Waals surface area contributed by atoms with Gasteiger partial charge in [0.05, 0.1) is 12.7 Å². The van der Waals surface area contributed by atoms with E-state index in [0.717, 1.165) is 0 Å². The maximum Gasteiger partial charge on any atom is 0.407 e. The lowest BCUT2D eigenvalue weighted by atomic mass is 10.1. The number of hydrogen-bond acceptors (Lipinski definition) is 5. The molecule has 1 aromatic carbocycles. The Morgan fingerprint density at radius 2 is 2.00 bits per heavy atom. The quantitative estimate of drug-likeness (QED) is 0.835. The second-order valence-electron chi connectivity index (χ2n) is 5.55. The van der Waals surface area contributed by atoms with Crippen LogP contribution in [0, 0.1) is 0 Å². The Kier molecular flexibility index (Phi) is 5.98. The van der Waals surface area contributed by atoms with Crippen LogP contribution in [0.4, 0.5) is 4.79 Å². The lowest BCUT2D eigenvalue weighted by Gasteiger charge is -2.19. The lowest BCUT2D eigenvalue weighted by Crippen LogP contribution is -2.32. The number of hydrogen-bond donors (Lipinski definition) is 2. The number of phenolic OH excluding ortho intramolecular Hbond substituents is 1. The van der Waals surface area contributed by atoms with Gasteiger partial charge in [-0.05, 0) is 32.9 Å². The second-order valence-corrected chi connectivity index (χ2v) is 5.55. The fourth-order valence-electron chi connectivity index (χ4n) is 1.57. The number of benzene rings is 1. The van der Waals surface area contributed by atoms with Crippen molar-refractivity contribution >= 4 is 18.1 Å². The van der Waals surface area contributed by atoms with Crippen molar-refractivity contribution in [2.75, 3.05) is 13.7 Å². The van der Waals surface area contributed by atoms with E-state index in [1.807, 2.05) is 0 Å². The molecule has 0 bridgehead atoms. The molecule has 1 rings (SSSR count). The standard InChI is InChI=1S/C16H21NO5/c1-16(2,3)22-15(20)17-9-5-6-11-7-8-12(10-13(11)18)14(19)21-4/h5-8,10,18H,9H2,1-4H3,(H,17,20). The van der Waals surface area contributed by atoms with Gasteiger partial charge in [0, 0.05) is 12.1 Å². The third-order valence-corrected chi connectivity index (χ3v) is 2.51. The van der Waals surface area contributed by atoms with Gasteiger partial charge < -0.3 is 19.9 Å². The molecule has 0 aliphatic rings. The fourth-order valence-corrected chi connectivity index (χ4v) is 1.57. The number of nitrogens with one attached hydrogen (secondary N) is 1. The van der Waals surface area contributed by atoms with Crippen molar-refractivity contribution in [3.05, 3.63) is 35.4 Å². The van der Waals surface area contributed by atoms with Gasteiger partial charge in [-0.15, -0.1) is 0 Å². The molecule has 2 N–H and O–H groups in total. The van der Waals surface area contributed by atoms with Crippen molar-refractivity contribution in [3.8, 4) is 5.75 Å². The summed E-state index contributed by atoms with van der Waals surface area (Å²) in [4.78, 5) is 22.7. The van der Waals surface area contributed by atoms with E-state index in [9.17, 15) is 14.7 Å². The van der Waals surface area contributed by atoms with Crippen LogP contribution >= 0.6 is 0 Å². The van der Waals surface area contributed by atoms with Gasteiger partial charge in [0.1, 0.15) is 11.4 Å². The van der Waals surface area contributed by atoms with E-state index in [-0.39, 0.29) is 17.9 Å². The first-order chi connectivity index (χ1) is 10.2. The molecule has 120 valence electrons. The Hall–Kier alpha value is -2.50. The molecule has 1 aromatic rings. The molecular formula is C16H21NO5. The summed E-state index contributed by atoms with van der Waals surface area (Å²) in [5, 5.41) is 12.4. The van der Waals surface area contributed by atoms with Gasteiger partial charge in [-0.2, -0.15) is 0 Å². The van der Waals surface area contributed by atoms with E-state index in [4.69, 9.17) is 4.74 Å². The number of ether oxygens (including phenoxy) is 2. The molecule has 6 nitrogen and oxygen atoms in total. The van der Waals surface area contributed by atoms with Crippen LogP contribution in [-0.2, 0) is 9.47 Å². The first-order valence-electron chi connectivity index (χ1n) is 6.77. The summed E-state index contributed by atoms with van der Waals surface area (Å²) in [5.74, 6) is -0.561. The number of phenols is 1. The van der Waals surface area contributed by atoms with E-state index in [2.05, 4.69) is 10.1 Å². The van der Waals surface area contributed by atoms with Crippen molar-refractivity contribution in [1.82, 2.24) is 5.32 Å². The third-order valence-electron chi connectivity index (χ3n) is 2.51. The van der Waals surface area contributed by atoms with Crippen LogP contribution in [0.3, 0.4) is 0 Å². The summed E-state index contributed by atoms with van der Waals surface area (Å²) in [6.45, 7) is 5.60. The molecule has 0 saturated carbocycles. The topological polar surface area (TPSA) is 84.9 Å². The number of aromatic hydroxyl groups is 1. The molecule has 0 saturated heterocycles. The van der Waals surface area contributed by atoms with Crippen molar-refractivity contribution < 1.29 is 24.2 Å². The van der Waals surface area contributed by atoms with Gasteiger partial charge >= 0.3 is 12.1 Å². The normalized spacial score (nSPS) is 11.3. The Morgan fingerprint density at radius 3 is 2.55 bits per heavy atom. The summed E-state index contributed by atoms with van der Waals surface area (Å²) in [5.41, 5.74) is 0.248. The predicted octanol–water partition coefficient (Wildman–Crippen LogP) is 2.72. The van der Waals surface area contributed by atoms with Crippen LogP contribution in [0.2, 0.25) is 0 Å². The van der Waals surface area contributed by atoms with Gasteiger partial charge in [0.15, 0.2) is 0 Å². The van der Waals surface area contributed by atoms with Crippen molar-refractivity contribution in [2.45, 2.75) is 26.4 Å². The number of alkyl carbamates (subject to hydrolysis) is 1. The van der Waals surface area contributed by atoms with Gasteiger partial charge in [0.25, 0.3) is 0 Å². The highest BCUT2D eigenvalue weighted by molar-refractivity contribution is 5.90. The zero-order valence-electron chi connectivity index (χ0n) is 13.2. The molecule has 0 radical (unpaired) electrons. The second kappa shape index (κ2) is 7.49. The van der Waals surface area contributed by atoms with Gasteiger partial charge in [-0.1, -0.05) is 18.2 Å². The molecule has 0 aliphatic heterocycles. The molecule has 1 amide bonds. The van der Waals surface area contributed by atoms with Crippen LogP contribution < -0.4 is 5.32 Å². The van der Waals surface area contributed by atoms with E-state index < -0.39 is 17.7 Å². The van der Waals surface area contributed by atoms with Crippen LogP contribution in [0.1, 0.15) is 36.7 Å². The molecule has 0 spiro atoms. The van der Waals surface area contributed by atoms with E-state index >= 15 is 0 Å². The minimum absolute atomic E-state index is 0.0450. The molecule has 0 aliphatic carbocycles. The molecule has 0 aromatic heterocycles. The SMILES string of the molecule is COC(=O)c1ccc(C=CCNC(=O)OC(C)(C)C)c(O)c1. The van der Waals surface area contributed by atoms with Crippen LogP contribution in [-0.4, -0.2) is 36.4 Å². The summed E-state index contributed by atoms with van der Waals surface area (Å²) < 4.78 is 9.65. The number of carbonyl (C=O) groups excluding carboxylic acids is 2. The zero-order chi connectivity index (χ0) is 16.8. The maximum absolute atomic E-state index is 11.4. The first-order valence-corrected chi connectivity index (χ1v) is 6.77. The Balaban J connectivity index is 2.57. The van der Waals surface area contributed by atoms with E-state index in [1.54, 1.807) is 45.1 Å². The molecule has 0 fully saturated rings. The van der Waals surface area contributed by atoms with E-state index in [0.29, 0.717) is 5.56 Å². The molecule has 0 atom stereocenters. The van der Waals surface area contributed by atoms with Crippen LogP contribution in [0.25, 0.3) is 6.08 Å². The summed E-state index contributed by atoms with van der Waals surface area (Å²) >= 11 is 0. The smallest absolute Gasteiger partial charge is 0.407 e. The number of carbonyl (C=O) groups is 2. The minimum Gasteiger partial charge on any atom is -0.507 e. The van der Waals surface area contributed by atoms with Gasteiger partial charge in [-0.3, -0.25) is 0 Å². The Labute approximate surface area is 129 Å². The van der Waals surface area contributed by atoms with Gasteiger partial charge in [-0.25, -0.2) is 9.59 Å². The Bertz CT molecular complexity index is 572. The number of amides is 1.